The van der Waals surface area contributed by atoms with Gasteiger partial charge in [-0.05, 0) is 26.0 Å². The van der Waals surface area contributed by atoms with Gasteiger partial charge >= 0.3 is 5.97 Å². The van der Waals surface area contributed by atoms with Gasteiger partial charge in [0, 0.05) is 24.0 Å². The zero-order chi connectivity index (χ0) is 15.1. The first-order valence-corrected chi connectivity index (χ1v) is 8.05. The number of anilines is 2. The number of hydrogen-bond donors (Lipinski definition) is 0. The van der Waals surface area contributed by atoms with Crippen molar-refractivity contribution >= 4 is 28.1 Å². The number of ether oxygens (including phenoxy) is 1. The van der Waals surface area contributed by atoms with Crippen molar-refractivity contribution < 1.29 is 9.53 Å². The van der Waals surface area contributed by atoms with Crippen LogP contribution < -0.4 is 4.90 Å². The molecule has 0 N–H and O–H groups in total. The number of aromatic nitrogens is 1. The van der Waals surface area contributed by atoms with Crippen molar-refractivity contribution in [1.29, 1.82) is 0 Å². The number of benzene rings is 1. The van der Waals surface area contributed by atoms with Crippen LogP contribution in [0.2, 0.25) is 0 Å². The second-order valence-corrected chi connectivity index (χ2v) is 5.34. The SMILES string of the molecule is CCOC(=O)CCc1csc(N(CC)c2ccccc2)n1. The van der Waals surface area contributed by atoms with Crippen LogP contribution in [0.5, 0.6) is 0 Å². The van der Waals surface area contributed by atoms with Gasteiger partial charge in [-0.3, -0.25) is 4.79 Å². The maximum absolute atomic E-state index is 11.4. The van der Waals surface area contributed by atoms with Gasteiger partial charge in [-0.25, -0.2) is 4.98 Å². The summed E-state index contributed by atoms with van der Waals surface area (Å²) in [6, 6.07) is 10.2. The molecule has 0 atom stereocenters. The Balaban J connectivity index is 2.03. The second kappa shape index (κ2) is 7.78. The van der Waals surface area contributed by atoms with E-state index in [-0.39, 0.29) is 5.97 Å². The van der Waals surface area contributed by atoms with Gasteiger partial charge < -0.3 is 9.64 Å². The van der Waals surface area contributed by atoms with Crippen LogP contribution in [0.1, 0.15) is 26.0 Å². The first-order valence-electron chi connectivity index (χ1n) is 7.17. The Hall–Kier alpha value is -1.88. The normalized spacial score (nSPS) is 10.4. The summed E-state index contributed by atoms with van der Waals surface area (Å²) < 4.78 is 4.93. The van der Waals surface area contributed by atoms with Crippen molar-refractivity contribution in [2.75, 3.05) is 18.1 Å². The molecule has 1 aromatic carbocycles. The number of esters is 1. The molecule has 4 nitrogen and oxygen atoms in total. The van der Waals surface area contributed by atoms with Crippen LogP contribution in [0, 0.1) is 0 Å². The van der Waals surface area contributed by atoms with Gasteiger partial charge in [-0.2, -0.15) is 0 Å². The predicted molar refractivity (Wildman–Crippen MR) is 86.2 cm³/mol. The van der Waals surface area contributed by atoms with Crippen LogP contribution in [0.15, 0.2) is 35.7 Å². The molecule has 2 rings (SSSR count). The molecular formula is C16H20N2O2S. The minimum absolute atomic E-state index is 0.164. The molecule has 0 spiro atoms. The zero-order valence-electron chi connectivity index (χ0n) is 12.4. The van der Waals surface area contributed by atoms with Crippen LogP contribution in [-0.2, 0) is 16.0 Å². The van der Waals surface area contributed by atoms with Crippen molar-refractivity contribution in [3.8, 4) is 0 Å². The molecule has 0 aliphatic rings. The summed E-state index contributed by atoms with van der Waals surface area (Å²) in [5.41, 5.74) is 2.07. The van der Waals surface area contributed by atoms with Gasteiger partial charge in [-0.1, -0.05) is 18.2 Å². The molecule has 0 unspecified atom stereocenters. The summed E-state index contributed by atoms with van der Waals surface area (Å²) in [7, 11) is 0. The van der Waals surface area contributed by atoms with E-state index in [4.69, 9.17) is 4.74 Å². The lowest BCUT2D eigenvalue weighted by Crippen LogP contribution is -2.15. The maximum Gasteiger partial charge on any atom is 0.306 e. The predicted octanol–water partition coefficient (Wildman–Crippen LogP) is 3.80. The average Bonchev–Trinajstić information content (AvgIpc) is 2.96. The van der Waals surface area contributed by atoms with Crippen LogP contribution >= 0.6 is 11.3 Å². The molecule has 0 saturated heterocycles. The molecule has 0 aliphatic carbocycles. The first kappa shape index (κ1) is 15.5. The Labute approximate surface area is 129 Å². The fourth-order valence-electron chi connectivity index (χ4n) is 2.03. The monoisotopic (exact) mass is 304 g/mol. The quantitative estimate of drug-likeness (QED) is 0.730. The van der Waals surface area contributed by atoms with Crippen molar-refractivity contribution in [3.63, 3.8) is 0 Å². The van der Waals surface area contributed by atoms with Crippen LogP contribution in [-0.4, -0.2) is 24.1 Å². The van der Waals surface area contributed by atoms with E-state index in [1.54, 1.807) is 11.3 Å². The number of carbonyl (C=O) groups excluding carboxylic acids is 1. The fourth-order valence-corrected chi connectivity index (χ4v) is 2.98. The zero-order valence-corrected chi connectivity index (χ0v) is 13.2. The largest absolute Gasteiger partial charge is 0.466 e. The highest BCUT2D eigenvalue weighted by Gasteiger charge is 2.12. The summed E-state index contributed by atoms with van der Waals surface area (Å²) in [5, 5.41) is 2.97. The lowest BCUT2D eigenvalue weighted by molar-refractivity contribution is -0.143. The third-order valence-corrected chi connectivity index (χ3v) is 3.96. The molecule has 21 heavy (non-hydrogen) atoms. The molecule has 112 valence electrons. The van der Waals surface area contributed by atoms with E-state index in [0.717, 1.165) is 23.1 Å². The van der Waals surface area contributed by atoms with E-state index >= 15 is 0 Å². The Morgan fingerprint density at radius 3 is 2.71 bits per heavy atom. The highest BCUT2D eigenvalue weighted by atomic mass is 32.1. The number of para-hydroxylation sites is 1. The third kappa shape index (κ3) is 4.29. The standard InChI is InChI=1S/C16H20N2O2S/c1-3-18(14-8-6-5-7-9-14)16-17-13(12-21-16)10-11-15(19)20-4-2/h5-9,12H,3-4,10-11H2,1-2H3. The first-order chi connectivity index (χ1) is 10.2. The van der Waals surface area contributed by atoms with Crippen molar-refractivity contribution in [1.82, 2.24) is 4.98 Å². The number of aryl methyl sites for hydroxylation is 1. The fraction of sp³-hybridized carbons (Fsp3) is 0.375. The van der Waals surface area contributed by atoms with E-state index in [0.29, 0.717) is 19.4 Å². The minimum atomic E-state index is -0.164. The Bertz CT molecular complexity index is 569. The topological polar surface area (TPSA) is 42.4 Å². The lowest BCUT2D eigenvalue weighted by atomic mass is 10.2. The molecule has 5 heteroatoms. The van der Waals surface area contributed by atoms with Gasteiger partial charge in [0.2, 0.25) is 0 Å². The van der Waals surface area contributed by atoms with Gasteiger partial charge in [0.15, 0.2) is 5.13 Å². The maximum atomic E-state index is 11.4. The highest BCUT2D eigenvalue weighted by Crippen LogP contribution is 2.28. The number of hydrogen-bond acceptors (Lipinski definition) is 5. The number of thiazole rings is 1. The second-order valence-electron chi connectivity index (χ2n) is 4.51. The van der Waals surface area contributed by atoms with E-state index in [2.05, 4.69) is 28.9 Å². The van der Waals surface area contributed by atoms with Crippen LogP contribution in [0.4, 0.5) is 10.8 Å². The summed E-state index contributed by atoms with van der Waals surface area (Å²) in [6.45, 7) is 5.21. The van der Waals surface area contributed by atoms with Gasteiger partial charge in [0.1, 0.15) is 0 Å². The van der Waals surface area contributed by atoms with E-state index < -0.39 is 0 Å². The average molecular weight is 304 g/mol. The molecule has 1 heterocycles. The van der Waals surface area contributed by atoms with E-state index in [1.807, 2.05) is 30.5 Å². The third-order valence-electron chi connectivity index (χ3n) is 3.05. The summed E-state index contributed by atoms with van der Waals surface area (Å²) in [4.78, 5) is 18.2. The molecular weight excluding hydrogens is 284 g/mol. The highest BCUT2D eigenvalue weighted by molar-refractivity contribution is 7.13. The molecule has 2 aromatic rings. The number of carbonyl (C=O) groups is 1. The summed E-state index contributed by atoms with van der Waals surface area (Å²) in [5.74, 6) is -0.164. The molecule has 0 fully saturated rings. The molecule has 0 bridgehead atoms. The number of nitrogens with zero attached hydrogens (tertiary/aromatic N) is 2. The Morgan fingerprint density at radius 1 is 1.29 bits per heavy atom. The smallest absolute Gasteiger partial charge is 0.306 e. The Kier molecular flexibility index (Phi) is 5.75. The lowest BCUT2D eigenvalue weighted by Gasteiger charge is -2.19. The summed E-state index contributed by atoms with van der Waals surface area (Å²) >= 11 is 1.60. The van der Waals surface area contributed by atoms with Gasteiger partial charge in [0.25, 0.3) is 0 Å². The van der Waals surface area contributed by atoms with Crippen molar-refractivity contribution in [3.05, 3.63) is 41.4 Å². The van der Waals surface area contributed by atoms with E-state index in [1.165, 1.54) is 0 Å². The molecule has 0 saturated carbocycles. The Morgan fingerprint density at radius 2 is 2.05 bits per heavy atom. The minimum Gasteiger partial charge on any atom is -0.466 e. The van der Waals surface area contributed by atoms with Crippen molar-refractivity contribution in [2.24, 2.45) is 0 Å². The van der Waals surface area contributed by atoms with Crippen LogP contribution in [0.3, 0.4) is 0 Å². The van der Waals surface area contributed by atoms with Crippen molar-refractivity contribution in [2.45, 2.75) is 26.7 Å². The molecule has 0 radical (unpaired) electrons. The summed E-state index contributed by atoms with van der Waals surface area (Å²) in [6.07, 6.45) is 1.01. The molecule has 0 aliphatic heterocycles. The van der Waals surface area contributed by atoms with E-state index in [9.17, 15) is 4.79 Å². The molecule has 0 amide bonds. The van der Waals surface area contributed by atoms with Crippen LogP contribution in [0.25, 0.3) is 0 Å². The van der Waals surface area contributed by atoms with Gasteiger partial charge in [0.05, 0.1) is 18.7 Å². The van der Waals surface area contributed by atoms with Gasteiger partial charge in [-0.15, -0.1) is 11.3 Å². The molecule has 1 aromatic heterocycles. The number of rotatable bonds is 7.